The summed E-state index contributed by atoms with van der Waals surface area (Å²) < 4.78 is 0. The second-order valence-corrected chi connectivity index (χ2v) is 3.08. The Morgan fingerprint density at radius 3 is 2.50 bits per heavy atom. The molecule has 1 aromatic rings. The van der Waals surface area contributed by atoms with Gasteiger partial charge in [0.1, 0.15) is 0 Å². The quantitative estimate of drug-likeness (QED) is 0.734. The van der Waals surface area contributed by atoms with Gasteiger partial charge in [-0.2, -0.15) is 0 Å². The average molecular weight is 192 g/mol. The molecule has 0 radical (unpaired) electrons. The van der Waals surface area contributed by atoms with E-state index in [1.165, 1.54) is 0 Å². The molecule has 1 rings (SSSR count). The number of carboxylic acid groups (broad SMARTS) is 1. The number of ketones is 1. The summed E-state index contributed by atoms with van der Waals surface area (Å²) >= 11 is 0. The summed E-state index contributed by atoms with van der Waals surface area (Å²) in [6, 6.07) is 7.42. The molecule has 0 atom stereocenters. The van der Waals surface area contributed by atoms with E-state index in [0.29, 0.717) is 0 Å². The molecule has 0 saturated heterocycles. The fraction of sp³-hybridized carbons (Fsp3) is 0.273. The monoisotopic (exact) mass is 192 g/mol. The van der Waals surface area contributed by atoms with Gasteiger partial charge in [0.05, 0.1) is 0 Å². The van der Waals surface area contributed by atoms with Crippen molar-refractivity contribution in [1.82, 2.24) is 0 Å². The first-order valence-corrected chi connectivity index (χ1v) is 4.47. The summed E-state index contributed by atoms with van der Waals surface area (Å²) in [7, 11) is 0. The normalized spacial score (nSPS) is 9.79. The van der Waals surface area contributed by atoms with Crippen LogP contribution in [0.25, 0.3) is 0 Å². The number of Topliss-reactive ketones (excluding diaryl/α,β-unsaturated/α-hetero) is 1. The van der Waals surface area contributed by atoms with E-state index in [1.807, 2.05) is 25.1 Å². The highest BCUT2D eigenvalue weighted by Gasteiger charge is 2.11. The maximum Gasteiger partial charge on any atom is 0.372 e. The molecule has 0 heterocycles. The van der Waals surface area contributed by atoms with Gasteiger partial charge in [0.25, 0.3) is 0 Å². The van der Waals surface area contributed by atoms with Gasteiger partial charge in [0.15, 0.2) is 0 Å². The molecule has 14 heavy (non-hydrogen) atoms. The number of carbonyl (C=O) groups is 2. The maximum atomic E-state index is 10.9. The van der Waals surface area contributed by atoms with Gasteiger partial charge in [-0.1, -0.05) is 31.2 Å². The predicted octanol–water partition coefficient (Wildman–Crippen LogP) is 1.45. The van der Waals surface area contributed by atoms with Gasteiger partial charge in [-0.25, -0.2) is 4.79 Å². The van der Waals surface area contributed by atoms with Crippen LogP contribution in [0.2, 0.25) is 0 Å². The van der Waals surface area contributed by atoms with Gasteiger partial charge in [0.2, 0.25) is 5.78 Å². The molecule has 0 aliphatic rings. The lowest BCUT2D eigenvalue weighted by atomic mass is 10.0. The van der Waals surface area contributed by atoms with E-state index in [1.54, 1.807) is 6.07 Å². The second kappa shape index (κ2) is 4.56. The lowest BCUT2D eigenvalue weighted by Gasteiger charge is -2.00. The van der Waals surface area contributed by atoms with Crippen molar-refractivity contribution in [1.29, 1.82) is 0 Å². The van der Waals surface area contributed by atoms with E-state index in [2.05, 4.69) is 0 Å². The molecule has 1 N–H and O–H groups in total. The number of carboxylic acids is 1. The highest BCUT2D eigenvalue weighted by Crippen LogP contribution is 2.06. The molecule has 0 aliphatic heterocycles. The highest BCUT2D eigenvalue weighted by molar-refractivity contribution is 6.33. The van der Waals surface area contributed by atoms with E-state index >= 15 is 0 Å². The number of hydrogen-bond donors (Lipinski definition) is 1. The van der Waals surface area contributed by atoms with Crippen LogP contribution in [-0.2, 0) is 22.4 Å². The fourth-order valence-corrected chi connectivity index (χ4v) is 1.22. The van der Waals surface area contributed by atoms with Crippen molar-refractivity contribution in [3.05, 3.63) is 35.4 Å². The summed E-state index contributed by atoms with van der Waals surface area (Å²) in [6.45, 7) is 2.01. The Bertz CT molecular complexity index is 355. The van der Waals surface area contributed by atoms with Gasteiger partial charge in [-0.05, 0) is 17.5 Å². The lowest BCUT2D eigenvalue weighted by molar-refractivity contribution is -0.148. The molecule has 74 valence electrons. The summed E-state index contributed by atoms with van der Waals surface area (Å²) in [5.41, 5.74) is 1.87. The molecule has 0 unspecified atom stereocenters. The zero-order valence-corrected chi connectivity index (χ0v) is 7.99. The minimum absolute atomic E-state index is 0.0246. The lowest BCUT2D eigenvalue weighted by Crippen LogP contribution is -2.15. The van der Waals surface area contributed by atoms with Crippen LogP contribution >= 0.6 is 0 Å². The molecular formula is C11H12O3. The van der Waals surface area contributed by atoms with Gasteiger partial charge in [0, 0.05) is 6.42 Å². The molecule has 0 amide bonds. The summed E-state index contributed by atoms with van der Waals surface area (Å²) in [4.78, 5) is 21.2. The van der Waals surface area contributed by atoms with Crippen molar-refractivity contribution in [2.24, 2.45) is 0 Å². The smallest absolute Gasteiger partial charge is 0.372 e. The Morgan fingerprint density at radius 2 is 1.93 bits per heavy atom. The number of benzene rings is 1. The summed E-state index contributed by atoms with van der Waals surface area (Å²) in [5, 5.41) is 8.42. The van der Waals surface area contributed by atoms with E-state index in [9.17, 15) is 9.59 Å². The van der Waals surface area contributed by atoms with E-state index < -0.39 is 11.8 Å². The molecule has 1 aromatic carbocycles. The third-order valence-electron chi connectivity index (χ3n) is 2.00. The van der Waals surface area contributed by atoms with Crippen LogP contribution in [0.15, 0.2) is 24.3 Å². The van der Waals surface area contributed by atoms with Crippen molar-refractivity contribution in [3.8, 4) is 0 Å². The molecule has 0 fully saturated rings. The Hall–Kier alpha value is -1.64. The largest absolute Gasteiger partial charge is 0.475 e. The van der Waals surface area contributed by atoms with Crippen LogP contribution in [-0.4, -0.2) is 16.9 Å². The van der Waals surface area contributed by atoms with E-state index in [4.69, 9.17) is 5.11 Å². The maximum absolute atomic E-state index is 10.9. The van der Waals surface area contributed by atoms with Crippen LogP contribution in [0, 0.1) is 0 Å². The number of carbonyl (C=O) groups excluding carboxylic acids is 1. The van der Waals surface area contributed by atoms with Crippen LogP contribution in [0.4, 0.5) is 0 Å². The number of aryl methyl sites for hydroxylation is 1. The fourth-order valence-electron chi connectivity index (χ4n) is 1.22. The van der Waals surface area contributed by atoms with Crippen molar-refractivity contribution in [2.75, 3.05) is 0 Å². The molecule has 3 heteroatoms. The first-order chi connectivity index (χ1) is 6.63. The number of hydrogen-bond acceptors (Lipinski definition) is 2. The first kappa shape index (κ1) is 10.4. The molecule has 3 nitrogen and oxygen atoms in total. The third-order valence-corrected chi connectivity index (χ3v) is 2.00. The number of aliphatic carboxylic acids is 1. The Balaban J connectivity index is 2.76. The Morgan fingerprint density at radius 1 is 1.29 bits per heavy atom. The van der Waals surface area contributed by atoms with Crippen molar-refractivity contribution in [3.63, 3.8) is 0 Å². The Labute approximate surface area is 82.4 Å². The van der Waals surface area contributed by atoms with Crippen LogP contribution in [0.1, 0.15) is 18.1 Å². The van der Waals surface area contributed by atoms with Gasteiger partial charge >= 0.3 is 5.97 Å². The SMILES string of the molecule is CCc1cccc(CC(=O)C(=O)O)c1. The van der Waals surface area contributed by atoms with Crippen molar-refractivity contribution < 1.29 is 14.7 Å². The minimum Gasteiger partial charge on any atom is -0.475 e. The second-order valence-electron chi connectivity index (χ2n) is 3.08. The standard InChI is InChI=1S/C11H12O3/c1-2-8-4-3-5-9(6-8)7-10(12)11(13)14/h3-6H,2,7H2,1H3,(H,13,14). The van der Waals surface area contributed by atoms with E-state index in [0.717, 1.165) is 17.5 Å². The minimum atomic E-state index is -1.37. The predicted molar refractivity (Wildman–Crippen MR) is 52.2 cm³/mol. The van der Waals surface area contributed by atoms with E-state index in [-0.39, 0.29) is 6.42 Å². The van der Waals surface area contributed by atoms with Gasteiger partial charge in [-0.15, -0.1) is 0 Å². The Kier molecular flexibility index (Phi) is 3.40. The molecule has 0 saturated carbocycles. The molecule has 0 aliphatic carbocycles. The molecule has 0 bridgehead atoms. The summed E-state index contributed by atoms with van der Waals surface area (Å²) in [5.74, 6) is -2.13. The zero-order valence-electron chi connectivity index (χ0n) is 7.99. The van der Waals surface area contributed by atoms with Crippen LogP contribution in [0.5, 0.6) is 0 Å². The highest BCUT2D eigenvalue weighted by atomic mass is 16.4. The van der Waals surface area contributed by atoms with Gasteiger partial charge < -0.3 is 5.11 Å². The molecular weight excluding hydrogens is 180 g/mol. The summed E-state index contributed by atoms with van der Waals surface area (Å²) in [6.07, 6.45) is 0.859. The zero-order chi connectivity index (χ0) is 10.6. The van der Waals surface area contributed by atoms with Crippen molar-refractivity contribution in [2.45, 2.75) is 19.8 Å². The van der Waals surface area contributed by atoms with Gasteiger partial charge in [-0.3, -0.25) is 4.79 Å². The van der Waals surface area contributed by atoms with Crippen LogP contribution < -0.4 is 0 Å². The topological polar surface area (TPSA) is 54.4 Å². The first-order valence-electron chi connectivity index (χ1n) is 4.47. The average Bonchev–Trinajstić information content (AvgIpc) is 2.18. The number of rotatable bonds is 4. The third kappa shape index (κ3) is 2.69. The van der Waals surface area contributed by atoms with Crippen molar-refractivity contribution >= 4 is 11.8 Å². The van der Waals surface area contributed by atoms with Crippen LogP contribution in [0.3, 0.4) is 0 Å². The molecule has 0 spiro atoms. The molecule has 0 aromatic heterocycles.